The third kappa shape index (κ3) is 2.81. The van der Waals surface area contributed by atoms with Crippen LogP contribution in [0.5, 0.6) is 0 Å². The molecule has 88 valence electrons. The highest BCUT2D eigenvalue weighted by molar-refractivity contribution is 7.80. The maximum Gasteiger partial charge on any atom is 0.124 e. The van der Waals surface area contributed by atoms with Crippen molar-refractivity contribution in [1.82, 2.24) is 4.98 Å². The van der Waals surface area contributed by atoms with Gasteiger partial charge in [-0.25, -0.2) is 0 Å². The fraction of sp³-hybridized carbons (Fsp3) is 0.167. The van der Waals surface area contributed by atoms with Crippen LogP contribution in [0.2, 0.25) is 0 Å². The molecule has 0 aliphatic heterocycles. The standard InChI is InChI=1S/C12H13N3S2/c1-8(10-5-3-7-17-10)15-9-4-2-6-14-11(9)12(13)16/h2-8,15H,1H3,(H2,13,16). The topological polar surface area (TPSA) is 50.9 Å². The predicted octanol–water partition coefficient (Wildman–Crippen LogP) is 2.95. The Morgan fingerprint density at radius 1 is 1.47 bits per heavy atom. The number of hydrogen-bond acceptors (Lipinski definition) is 4. The van der Waals surface area contributed by atoms with Crippen molar-refractivity contribution in [2.45, 2.75) is 13.0 Å². The summed E-state index contributed by atoms with van der Waals surface area (Å²) in [6.45, 7) is 2.10. The third-order valence-electron chi connectivity index (χ3n) is 2.38. The van der Waals surface area contributed by atoms with Gasteiger partial charge in [0.1, 0.15) is 10.7 Å². The first-order valence-electron chi connectivity index (χ1n) is 5.23. The first kappa shape index (κ1) is 12.0. The van der Waals surface area contributed by atoms with Crippen LogP contribution in [0.1, 0.15) is 23.5 Å². The van der Waals surface area contributed by atoms with Gasteiger partial charge in [0.2, 0.25) is 0 Å². The smallest absolute Gasteiger partial charge is 0.124 e. The van der Waals surface area contributed by atoms with Gasteiger partial charge in [0, 0.05) is 11.1 Å². The van der Waals surface area contributed by atoms with E-state index in [1.807, 2.05) is 18.2 Å². The summed E-state index contributed by atoms with van der Waals surface area (Å²) >= 11 is 6.70. The predicted molar refractivity (Wildman–Crippen MR) is 76.5 cm³/mol. The van der Waals surface area contributed by atoms with Crippen LogP contribution in [-0.2, 0) is 0 Å². The molecule has 2 aromatic rings. The molecule has 17 heavy (non-hydrogen) atoms. The minimum Gasteiger partial charge on any atom is -0.388 e. The molecule has 0 fully saturated rings. The summed E-state index contributed by atoms with van der Waals surface area (Å²) in [5, 5.41) is 5.44. The summed E-state index contributed by atoms with van der Waals surface area (Å²) in [5.74, 6) is 0. The molecule has 0 saturated carbocycles. The number of anilines is 1. The lowest BCUT2D eigenvalue weighted by atomic mass is 10.2. The normalized spacial score (nSPS) is 12.1. The fourth-order valence-corrected chi connectivity index (χ4v) is 2.46. The quantitative estimate of drug-likeness (QED) is 0.833. The summed E-state index contributed by atoms with van der Waals surface area (Å²) in [7, 11) is 0. The van der Waals surface area contributed by atoms with Crippen molar-refractivity contribution < 1.29 is 0 Å². The van der Waals surface area contributed by atoms with Gasteiger partial charge < -0.3 is 11.1 Å². The van der Waals surface area contributed by atoms with Crippen LogP contribution >= 0.6 is 23.6 Å². The lowest BCUT2D eigenvalue weighted by Gasteiger charge is -2.15. The number of nitrogens with two attached hydrogens (primary N) is 1. The first-order valence-corrected chi connectivity index (χ1v) is 6.52. The Morgan fingerprint density at radius 2 is 2.29 bits per heavy atom. The molecule has 0 aliphatic carbocycles. The van der Waals surface area contributed by atoms with Gasteiger partial charge in [0.05, 0.1) is 11.7 Å². The van der Waals surface area contributed by atoms with Crippen molar-refractivity contribution in [1.29, 1.82) is 0 Å². The summed E-state index contributed by atoms with van der Waals surface area (Å²) in [6, 6.07) is 8.15. The van der Waals surface area contributed by atoms with Crippen LogP contribution < -0.4 is 11.1 Å². The van der Waals surface area contributed by atoms with E-state index < -0.39 is 0 Å². The molecule has 0 spiro atoms. The Balaban J connectivity index is 2.21. The van der Waals surface area contributed by atoms with Crippen LogP contribution in [0.3, 0.4) is 0 Å². The number of rotatable bonds is 4. The zero-order valence-electron chi connectivity index (χ0n) is 9.38. The van der Waals surface area contributed by atoms with E-state index in [9.17, 15) is 0 Å². The summed E-state index contributed by atoms with van der Waals surface area (Å²) in [4.78, 5) is 5.77. The Labute approximate surface area is 110 Å². The molecule has 0 aromatic carbocycles. The van der Waals surface area contributed by atoms with E-state index in [2.05, 4.69) is 28.7 Å². The molecule has 0 amide bonds. The maximum absolute atomic E-state index is 5.64. The summed E-state index contributed by atoms with van der Waals surface area (Å²) < 4.78 is 0. The van der Waals surface area contributed by atoms with Crippen molar-refractivity contribution in [3.05, 3.63) is 46.4 Å². The van der Waals surface area contributed by atoms with E-state index >= 15 is 0 Å². The third-order valence-corrected chi connectivity index (χ3v) is 3.63. The number of pyridine rings is 1. The zero-order valence-corrected chi connectivity index (χ0v) is 11.0. The fourth-order valence-electron chi connectivity index (χ4n) is 1.56. The van der Waals surface area contributed by atoms with E-state index in [1.54, 1.807) is 17.5 Å². The molecule has 3 N–H and O–H groups in total. The SMILES string of the molecule is CC(Nc1cccnc1C(N)=S)c1cccs1. The number of hydrogen-bond donors (Lipinski definition) is 2. The minimum atomic E-state index is 0.215. The zero-order chi connectivity index (χ0) is 12.3. The van der Waals surface area contributed by atoms with Crippen LogP contribution in [0.25, 0.3) is 0 Å². The lowest BCUT2D eigenvalue weighted by molar-refractivity contribution is 0.905. The van der Waals surface area contributed by atoms with E-state index in [4.69, 9.17) is 18.0 Å². The van der Waals surface area contributed by atoms with Gasteiger partial charge in [0.25, 0.3) is 0 Å². The lowest BCUT2D eigenvalue weighted by Crippen LogP contribution is -2.16. The number of thiocarbonyl (C=S) groups is 1. The Bertz CT molecular complexity index is 508. The minimum absolute atomic E-state index is 0.215. The number of thiophene rings is 1. The van der Waals surface area contributed by atoms with Gasteiger partial charge in [-0.2, -0.15) is 0 Å². The molecule has 0 aliphatic rings. The van der Waals surface area contributed by atoms with Crippen LogP contribution in [-0.4, -0.2) is 9.97 Å². The van der Waals surface area contributed by atoms with Crippen molar-refractivity contribution >= 4 is 34.2 Å². The summed E-state index contributed by atoms with van der Waals surface area (Å²) in [6.07, 6.45) is 1.69. The van der Waals surface area contributed by atoms with Crippen molar-refractivity contribution in [3.63, 3.8) is 0 Å². The average Bonchev–Trinajstić information content (AvgIpc) is 2.83. The van der Waals surface area contributed by atoms with Gasteiger partial charge in [-0.05, 0) is 30.5 Å². The molecule has 1 unspecified atom stereocenters. The molecule has 3 nitrogen and oxygen atoms in total. The second-order valence-corrected chi connectivity index (χ2v) is 5.06. The summed E-state index contributed by atoms with van der Waals surface area (Å²) in [5.41, 5.74) is 7.16. The van der Waals surface area contributed by atoms with Crippen molar-refractivity contribution in [3.8, 4) is 0 Å². The maximum atomic E-state index is 5.64. The second-order valence-electron chi connectivity index (χ2n) is 3.65. The van der Waals surface area contributed by atoms with E-state index in [0.717, 1.165) is 5.69 Å². The van der Waals surface area contributed by atoms with Gasteiger partial charge in [-0.15, -0.1) is 11.3 Å². The Morgan fingerprint density at radius 3 is 2.94 bits per heavy atom. The largest absolute Gasteiger partial charge is 0.388 e. The second kappa shape index (κ2) is 5.25. The number of nitrogens with zero attached hydrogens (tertiary/aromatic N) is 1. The monoisotopic (exact) mass is 263 g/mol. The highest BCUT2D eigenvalue weighted by Gasteiger charge is 2.10. The molecule has 1 atom stereocenters. The molecule has 0 bridgehead atoms. The van der Waals surface area contributed by atoms with E-state index in [1.165, 1.54) is 4.88 Å². The van der Waals surface area contributed by atoms with E-state index in [-0.39, 0.29) is 6.04 Å². The van der Waals surface area contributed by atoms with Crippen molar-refractivity contribution in [2.24, 2.45) is 5.73 Å². The molecule has 2 heterocycles. The first-order chi connectivity index (χ1) is 8.18. The molecule has 5 heteroatoms. The molecule has 2 aromatic heterocycles. The Kier molecular flexibility index (Phi) is 3.71. The Hall–Kier alpha value is -1.46. The number of aromatic nitrogens is 1. The number of nitrogens with one attached hydrogen (secondary N) is 1. The van der Waals surface area contributed by atoms with Gasteiger partial charge in [-0.1, -0.05) is 18.3 Å². The van der Waals surface area contributed by atoms with Crippen LogP contribution in [0, 0.1) is 0 Å². The van der Waals surface area contributed by atoms with Gasteiger partial charge >= 0.3 is 0 Å². The van der Waals surface area contributed by atoms with E-state index in [0.29, 0.717) is 10.7 Å². The molecular weight excluding hydrogens is 250 g/mol. The molecular formula is C12H13N3S2. The molecule has 2 rings (SSSR count). The van der Waals surface area contributed by atoms with Gasteiger partial charge in [0.15, 0.2) is 0 Å². The van der Waals surface area contributed by atoms with Crippen LogP contribution in [0.15, 0.2) is 35.8 Å². The van der Waals surface area contributed by atoms with Gasteiger partial charge in [-0.3, -0.25) is 4.98 Å². The highest BCUT2D eigenvalue weighted by atomic mass is 32.1. The van der Waals surface area contributed by atoms with Crippen LogP contribution in [0.4, 0.5) is 5.69 Å². The molecule has 0 radical (unpaired) electrons. The van der Waals surface area contributed by atoms with Crippen molar-refractivity contribution in [2.75, 3.05) is 5.32 Å². The highest BCUT2D eigenvalue weighted by Crippen LogP contribution is 2.24. The molecule has 0 saturated heterocycles. The average molecular weight is 263 g/mol.